The lowest BCUT2D eigenvalue weighted by Gasteiger charge is -2.29. The maximum absolute atomic E-state index is 12.9. The van der Waals surface area contributed by atoms with Gasteiger partial charge in [-0.25, -0.2) is 0 Å². The minimum Gasteiger partial charge on any atom is -0.388 e. The van der Waals surface area contributed by atoms with E-state index in [1.807, 2.05) is 19.0 Å². The van der Waals surface area contributed by atoms with Crippen molar-refractivity contribution in [2.45, 2.75) is 65.6 Å². The van der Waals surface area contributed by atoms with Gasteiger partial charge in [0.1, 0.15) is 18.8 Å². The fraction of sp³-hybridized carbons (Fsp3) is 0.783. The van der Waals surface area contributed by atoms with E-state index in [-0.39, 0.29) is 38.2 Å². The first kappa shape index (κ1) is 32.4. The lowest BCUT2D eigenvalue weighted by atomic mass is 10.1. The highest BCUT2D eigenvalue weighted by atomic mass is 31.2. The zero-order valence-electron chi connectivity index (χ0n) is 22.4. The van der Waals surface area contributed by atoms with Gasteiger partial charge in [0.25, 0.3) is 0 Å². The van der Waals surface area contributed by atoms with E-state index in [4.69, 9.17) is 18.5 Å². The summed E-state index contributed by atoms with van der Waals surface area (Å²) in [5, 5.41) is 13.7. The Morgan fingerprint density at radius 1 is 1.11 bits per heavy atom. The van der Waals surface area contributed by atoms with Gasteiger partial charge in [-0.1, -0.05) is 0 Å². The van der Waals surface area contributed by atoms with Crippen molar-refractivity contribution in [1.29, 1.82) is 0 Å². The van der Waals surface area contributed by atoms with Gasteiger partial charge in [-0.2, -0.15) is 0 Å². The van der Waals surface area contributed by atoms with Crippen LogP contribution in [0.25, 0.3) is 0 Å². The van der Waals surface area contributed by atoms with Crippen molar-refractivity contribution in [2.24, 2.45) is 0 Å². The second-order valence-electron chi connectivity index (χ2n) is 8.74. The Balaban J connectivity index is 3.09. The van der Waals surface area contributed by atoms with E-state index < -0.39 is 43.9 Å². The minimum atomic E-state index is -3.41. The third-order valence-electron chi connectivity index (χ3n) is 5.47. The van der Waals surface area contributed by atoms with Gasteiger partial charge in [0.15, 0.2) is 12.0 Å². The number of Topliss-reactive ketones (excluding diaryl/α,β-unsaturated/α-hetero) is 1. The van der Waals surface area contributed by atoms with Crippen LogP contribution in [-0.2, 0) is 37.5 Å². The van der Waals surface area contributed by atoms with Gasteiger partial charge in [-0.15, -0.1) is 0 Å². The number of aliphatic hydroxyl groups is 1. The summed E-state index contributed by atoms with van der Waals surface area (Å²) < 4.78 is 35.2. The highest BCUT2D eigenvalue weighted by molar-refractivity contribution is 7.53. The number of ketones is 1. The Morgan fingerprint density at radius 2 is 1.72 bits per heavy atom. The molecule has 13 heteroatoms. The van der Waals surface area contributed by atoms with Crippen molar-refractivity contribution in [1.82, 2.24) is 15.1 Å². The maximum Gasteiger partial charge on any atom is 0.330 e. The molecule has 208 valence electrons. The fourth-order valence-electron chi connectivity index (χ4n) is 3.49. The molecule has 0 aliphatic carbocycles. The molecule has 0 aromatic heterocycles. The fourth-order valence-corrected chi connectivity index (χ4v) is 5.18. The van der Waals surface area contributed by atoms with Crippen LogP contribution in [0.3, 0.4) is 0 Å². The van der Waals surface area contributed by atoms with Gasteiger partial charge in [0.05, 0.1) is 25.5 Å². The van der Waals surface area contributed by atoms with E-state index in [1.165, 1.54) is 24.9 Å². The van der Waals surface area contributed by atoms with Crippen LogP contribution in [-0.4, -0.2) is 110 Å². The number of hydrogen-bond donors (Lipinski definition) is 2. The molecule has 2 N–H and O–H groups in total. The first-order chi connectivity index (χ1) is 16.8. The predicted octanol–water partition coefficient (Wildman–Crippen LogP) is 1.13. The molecule has 0 aromatic rings. The smallest absolute Gasteiger partial charge is 0.330 e. The van der Waals surface area contributed by atoms with Crippen molar-refractivity contribution in [2.75, 3.05) is 53.2 Å². The summed E-state index contributed by atoms with van der Waals surface area (Å²) in [6.07, 6.45) is -2.97. The molecule has 1 rings (SSSR count). The Morgan fingerprint density at radius 3 is 2.22 bits per heavy atom. The summed E-state index contributed by atoms with van der Waals surface area (Å²) in [6, 6.07) is 0. The van der Waals surface area contributed by atoms with Gasteiger partial charge in [-0.05, 0) is 48.2 Å². The molecule has 12 nitrogen and oxygen atoms in total. The summed E-state index contributed by atoms with van der Waals surface area (Å²) >= 11 is 0. The number of aliphatic hydroxyl groups excluding tert-OH is 1. The number of carbonyl (C=O) groups excluding carboxylic acids is 3. The molecule has 0 radical (unpaired) electrons. The first-order valence-corrected chi connectivity index (χ1v) is 13.8. The van der Waals surface area contributed by atoms with Crippen molar-refractivity contribution in [3.05, 3.63) is 11.8 Å². The van der Waals surface area contributed by atoms with Crippen LogP contribution >= 0.6 is 7.60 Å². The quantitative estimate of drug-likeness (QED) is 0.218. The topological polar surface area (TPSA) is 144 Å². The number of likely N-dealkylation sites (N-methyl/N-ethyl adjacent to an activating group) is 1. The number of carbonyl (C=O) groups is 3. The Bertz CT molecular complexity index is 811. The summed E-state index contributed by atoms with van der Waals surface area (Å²) in [4.78, 5) is 39.6. The third kappa shape index (κ3) is 10.4. The lowest BCUT2D eigenvalue weighted by molar-refractivity contribution is -0.148. The van der Waals surface area contributed by atoms with Crippen molar-refractivity contribution < 1.29 is 42.6 Å². The van der Waals surface area contributed by atoms with E-state index in [9.17, 15) is 24.1 Å². The van der Waals surface area contributed by atoms with Crippen LogP contribution in [0.5, 0.6) is 0 Å². The minimum absolute atomic E-state index is 0.0246. The normalized spacial score (nSPS) is 22.6. The maximum atomic E-state index is 12.9. The van der Waals surface area contributed by atoms with E-state index >= 15 is 0 Å². The molecule has 4 atom stereocenters. The van der Waals surface area contributed by atoms with Crippen LogP contribution in [0.1, 0.15) is 41.0 Å². The standard InChI is InChI=1S/C23H42N3O9P/c1-8-33-36(31,34-9-2)13-10-19-21(30)22(32-15-20(29)24-11-12-25(6)7)23(35-19)26(18(5)28)14-16(3)17(4)27/h14,19,21-23,30H,8-13,15H2,1-7H3,(H,24,29)/b16-14-/t19-,21-,22-,23-/m1/s1. The largest absolute Gasteiger partial charge is 0.388 e. The van der Waals surface area contributed by atoms with Crippen LogP contribution in [0.15, 0.2) is 11.8 Å². The molecule has 0 spiro atoms. The van der Waals surface area contributed by atoms with Crippen molar-refractivity contribution in [3.8, 4) is 0 Å². The molecule has 36 heavy (non-hydrogen) atoms. The molecule has 2 amide bonds. The van der Waals surface area contributed by atoms with Gasteiger partial charge in [-0.3, -0.25) is 23.8 Å². The zero-order chi connectivity index (χ0) is 27.5. The van der Waals surface area contributed by atoms with E-state index in [0.29, 0.717) is 18.7 Å². The van der Waals surface area contributed by atoms with Crippen molar-refractivity contribution in [3.63, 3.8) is 0 Å². The number of nitrogens with one attached hydrogen (secondary N) is 1. The number of allylic oxidation sites excluding steroid dienone is 1. The Hall–Kier alpha value is -1.66. The highest BCUT2D eigenvalue weighted by Crippen LogP contribution is 2.49. The summed E-state index contributed by atoms with van der Waals surface area (Å²) in [5.74, 6) is -1.09. The molecule has 0 aromatic carbocycles. The second-order valence-corrected chi connectivity index (χ2v) is 10.9. The predicted molar refractivity (Wildman–Crippen MR) is 133 cm³/mol. The van der Waals surface area contributed by atoms with Gasteiger partial charge in [0.2, 0.25) is 11.8 Å². The second kappa shape index (κ2) is 15.6. The van der Waals surface area contributed by atoms with Crippen LogP contribution < -0.4 is 5.32 Å². The lowest BCUT2D eigenvalue weighted by Crippen LogP contribution is -2.47. The average molecular weight is 536 g/mol. The van der Waals surface area contributed by atoms with E-state index in [1.54, 1.807) is 20.8 Å². The van der Waals surface area contributed by atoms with Gasteiger partial charge < -0.3 is 33.8 Å². The monoisotopic (exact) mass is 535 g/mol. The molecule has 1 saturated heterocycles. The van der Waals surface area contributed by atoms with Gasteiger partial charge in [0, 0.05) is 31.8 Å². The van der Waals surface area contributed by atoms with E-state index in [0.717, 1.165) is 0 Å². The molecule has 0 unspecified atom stereocenters. The summed E-state index contributed by atoms with van der Waals surface area (Å²) in [5.41, 5.74) is 0.295. The van der Waals surface area contributed by atoms with E-state index in [2.05, 4.69) is 5.32 Å². The van der Waals surface area contributed by atoms with Crippen molar-refractivity contribution >= 4 is 25.2 Å². The Kier molecular flexibility index (Phi) is 14.0. The van der Waals surface area contributed by atoms with Gasteiger partial charge >= 0.3 is 7.60 Å². The molecule has 0 saturated carbocycles. The summed E-state index contributed by atoms with van der Waals surface area (Å²) in [7, 11) is 0.350. The molecule has 0 bridgehead atoms. The molecule has 1 aliphatic heterocycles. The number of rotatable bonds is 16. The van der Waals surface area contributed by atoms with Crippen LogP contribution in [0.4, 0.5) is 0 Å². The molecular formula is C23H42N3O9P. The first-order valence-electron chi connectivity index (χ1n) is 12.1. The SMILES string of the molecule is CCOP(=O)(CC[C@H]1O[C@@H](N(/C=C(/C)C(C)=O)C(C)=O)[C@H](OCC(=O)NCCN(C)C)[C@@H]1O)OCC. The van der Waals surface area contributed by atoms with Crippen LogP contribution in [0.2, 0.25) is 0 Å². The molecule has 1 fully saturated rings. The molecular weight excluding hydrogens is 493 g/mol. The molecule has 1 aliphatic rings. The zero-order valence-corrected chi connectivity index (χ0v) is 23.3. The number of ether oxygens (including phenoxy) is 2. The highest BCUT2D eigenvalue weighted by Gasteiger charge is 2.48. The Labute approximate surface area is 213 Å². The number of amides is 2. The number of nitrogens with zero attached hydrogens (tertiary/aromatic N) is 2. The summed E-state index contributed by atoms with van der Waals surface area (Å²) in [6.45, 7) is 8.65. The molecule has 1 heterocycles. The average Bonchev–Trinajstić information content (AvgIpc) is 3.09. The van der Waals surface area contributed by atoms with Crippen LogP contribution in [0, 0.1) is 0 Å². The third-order valence-corrected chi connectivity index (χ3v) is 7.57. The number of hydrogen-bond acceptors (Lipinski definition) is 10.